The molecule has 0 radical (unpaired) electrons. The van der Waals surface area contributed by atoms with E-state index in [-0.39, 0.29) is 74.8 Å². The molecule has 3 aliphatic carbocycles. The van der Waals surface area contributed by atoms with Gasteiger partial charge >= 0.3 is 0 Å². The van der Waals surface area contributed by atoms with Crippen LogP contribution in [0.5, 0.6) is 28.7 Å². The SMILES string of the molecule is C=CCO[C@@]12Oc3ccc(Oc4cccc([N+](=O)[O-])c4)cc3[C@H]3[C@H](CCCCO)[C@@H](CCCCO)C=C(C(=NOCC)C[C@@H]1N(Cc1ccc4c(c1)OCO4)C(=O)C1CC1)[C@H]32. The van der Waals surface area contributed by atoms with Crippen LogP contribution in [0.1, 0.15) is 81.8 Å². The molecule has 14 heteroatoms. The maximum Gasteiger partial charge on any atom is 0.273 e. The molecule has 61 heavy (non-hydrogen) atoms. The minimum absolute atomic E-state index is 0.00921. The number of allylic oxidation sites excluding steroid dienone is 1. The van der Waals surface area contributed by atoms with Gasteiger partial charge in [-0.2, -0.15) is 0 Å². The molecule has 2 aliphatic heterocycles. The molecule has 0 spiro atoms. The van der Waals surface area contributed by atoms with Crippen molar-refractivity contribution >= 4 is 17.3 Å². The van der Waals surface area contributed by atoms with Gasteiger partial charge < -0.3 is 43.6 Å². The molecule has 6 atom stereocenters. The van der Waals surface area contributed by atoms with Crippen molar-refractivity contribution in [2.75, 3.05) is 33.2 Å². The number of nitrogens with zero attached hydrogens (tertiary/aromatic N) is 3. The fourth-order valence-electron chi connectivity index (χ4n) is 9.79. The number of nitro benzene ring substituents is 1. The molecular weight excluding hydrogens is 783 g/mol. The van der Waals surface area contributed by atoms with Crippen LogP contribution in [0, 0.1) is 33.8 Å². The van der Waals surface area contributed by atoms with Crippen LogP contribution < -0.4 is 18.9 Å². The molecule has 2 N–H and O–H groups in total. The molecular formula is C47H55N3O11. The minimum atomic E-state index is -1.42. The topological polar surface area (TPSA) is 172 Å². The van der Waals surface area contributed by atoms with Crippen LogP contribution in [0.3, 0.4) is 0 Å². The molecule has 2 heterocycles. The van der Waals surface area contributed by atoms with Crippen molar-refractivity contribution in [3.05, 3.63) is 106 Å². The Kier molecular flexibility index (Phi) is 12.9. The number of carbonyl (C=O) groups is 1. The van der Waals surface area contributed by atoms with Crippen LogP contribution in [0.25, 0.3) is 0 Å². The first-order chi connectivity index (χ1) is 29.8. The Morgan fingerprint density at radius 3 is 2.52 bits per heavy atom. The van der Waals surface area contributed by atoms with Gasteiger partial charge in [-0.25, -0.2) is 0 Å². The number of ether oxygens (including phenoxy) is 5. The van der Waals surface area contributed by atoms with Gasteiger partial charge in [-0.1, -0.05) is 42.3 Å². The van der Waals surface area contributed by atoms with E-state index in [9.17, 15) is 25.1 Å². The number of non-ortho nitro benzene ring substituents is 1. The third-order valence-corrected chi connectivity index (χ3v) is 12.6. The highest BCUT2D eigenvalue weighted by molar-refractivity contribution is 6.03. The summed E-state index contributed by atoms with van der Waals surface area (Å²) in [5.74, 6) is 0.409. The minimum Gasteiger partial charge on any atom is -0.459 e. The molecule has 0 saturated heterocycles. The Morgan fingerprint density at radius 2 is 1.77 bits per heavy atom. The first kappa shape index (κ1) is 42.3. The monoisotopic (exact) mass is 837 g/mol. The number of hydrogen-bond acceptors (Lipinski definition) is 12. The molecule has 0 bridgehead atoms. The molecule has 3 aromatic carbocycles. The third kappa shape index (κ3) is 8.71. The van der Waals surface area contributed by atoms with Gasteiger partial charge in [0.05, 0.1) is 29.2 Å². The molecule has 2 fully saturated rings. The van der Waals surface area contributed by atoms with Gasteiger partial charge in [0.25, 0.3) is 5.69 Å². The van der Waals surface area contributed by atoms with Crippen LogP contribution in [-0.4, -0.2) is 76.7 Å². The van der Waals surface area contributed by atoms with E-state index in [1.165, 1.54) is 12.1 Å². The largest absolute Gasteiger partial charge is 0.459 e. The van der Waals surface area contributed by atoms with Crippen LogP contribution >= 0.6 is 0 Å². The standard InChI is InChI=1S/C47H55N3O11/c1-3-22-58-47-43(49(46(53)31-15-16-31)28-30-14-18-41-42(23-30)57-29-56-41)27-39(48-59-4-2)37-24-32(10-5-7-20-51)36(13-6-8-21-52)44(45(37)47)38-26-35(17-19-40(38)61-47)60-34-12-9-11-33(25-34)50(54)55/h3,9,11-12,14,17-19,23-26,31-32,36,43-45,51-52H,1,4-8,10,13,15-16,20-22,27-29H2,2H3/t32-,36+,43-,44+,45+,47+/m0/s1. The number of oxime groups is 1. The third-order valence-electron chi connectivity index (χ3n) is 12.6. The van der Waals surface area contributed by atoms with Crippen LogP contribution in [-0.2, 0) is 20.9 Å². The summed E-state index contributed by atoms with van der Waals surface area (Å²) in [6.45, 7) is 6.94. The predicted molar refractivity (Wildman–Crippen MR) is 226 cm³/mol. The Morgan fingerprint density at radius 1 is 1.00 bits per heavy atom. The van der Waals surface area contributed by atoms with E-state index in [0.29, 0.717) is 48.2 Å². The van der Waals surface area contributed by atoms with Gasteiger partial charge in [0, 0.05) is 49.6 Å². The zero-order valence-corrected chi connectivity index (χ0v) is 34.6. The van der Waals surface area contributed by atoms with E-state index >= 15 is 0 Å². The van der Waals surface area contributed by atoms with Gasteiger partial charge in [-0.15, -0.1) is 6.58 Å². The molecule has 3 aromatic rings. The summed E-state index contributed by atoms with van der Waals surface area (Å²) < 4.78 is 32.2. The van der Waals surface area contributed by atoms with E-state index in [1.54, 1.807) is 24.3 Å². The van der Waals surface area contributed by atoms with E-state index in [4.69, 9.17) is 33.7 Å². The lowest BCUT2D eigenvalue weighted by molar-refractivity contribution is -0.384. The number of unbranched alkanes of at least 4 members (excludes halogenated alkanes) is 2. The van der Waals surface area contributed by atoms with Crippen molar-refractivity contribution in [1.82, 2.24) is 4.90 Å². The van der Waals surface area contributed by atoms with Crippen molar-refractivity contribution in [3.8, 4) is 28.7 Å². The van der Waals surface area contributed by atoms with Crippen molar-refractivity contribution in [2.45, 2.75) is 89.0 Å². The van der Waals surface area contributed by atoms with Crippen molar-refractivity contribution < 1.29 is 48.5 Å². The van der Waals surface area contributed by atoms with Crippen LogP contribution in [0.15, 0.2) is 90.1 Å². The second-order valence-corrected chi connectivity index (χ2v) is 16.5. The molecule has 324 valence electrons. The Labute approximate surface area is 355 Å². The summed E-state index contributed by atoms with van der Waals surface area (Å²) in [4.78, 5) is 33.8. The van der Waals surface area contributed by atoms with Gasteiger partial charge in [-0.05, 0) is 105 Å². The number of hydrogen-bond donors (Lipinski definition) is 2. The molecule has 0 aromatic heterocycles. The number of nitro groups is 1. The average molecular weight is 838 g/mol. The maximum atomic E-state index is 14.8. The normalized spacial score (nSPS) is 25.1. The summed E-state index contributed by atoms with van der Waals surface area (Å²) in [5, 5.41) is 36.3. The second-order valence-electron chi connectivity index (χ2n) is 16.5. The number of fused-ring (bicyclic) bond motifs is 3. The molecule has 1 amide bonds. The Balaban J connectivity index is 1.32. The van der Waals surface area contributed by atoms with E-state index in [1.807, 2.05) is 42.2 Å². The van der Waals surface area contributed by atoms with Crippen LogP contribution in [0.2, 0.25) is 0 Å². The zero-order chi connectivity index (χ0) is 42.5. The molecule has 2 saturated carbocycles. The van der Waals surface area contributed by atoms with Gasteiger partial charge in [0.1, 0.15) is 29.9 Å². The highest BCUT2D eigenvalue weighted by Crippen LogP contribution is 2.62. The number of aliphatic hydroxyl groups is 2. The maximum absolute atomic E-state index is 14.8. The smallest absolute Gasteiger partial charge is 0.273 e. The quantitative estimate of drug-likeness (QED) is 0.0486. The summed E-state index contributed by atoms with van der Waals surface area (Å²) in [6.07, 6.45) is 10.3. The molecule has 0 unspecified atom stereocenters. The number of aliphatic hydroxyl groups excluding tert-OH is 2. The Bertz CT molecular complexity index is 2150. The van der Waals surface area contributed by atoms with Crippen LogP contribution in [0.4, 0.5) is 5.69 Å². The first-order valence-corrected chi connectivity index (χ1v) is 21.6. The predicted octanol–water partition coefficient (Wildman–Crippen LogP) is 8.21. The highest BCUT2D eigenvalue weighted by Gasteiger charge is 2.66. The fourth-order valence-corrected chi connectivity index (χ4v) is 9.79. The zero-order valence-electron chi connectivity index (χ0n) is 34.6. The first-order valence-electron chi connectivity index (χ1n) is 21.6. The van der Waals surface area contributed by atoms with E-state index in [2.05, 4.69) is 12.7 Å². The summed E-state index contributed by atoms with van der Waals surface area (Å²) in [6, 6.07) is 16.8. The second kappa shape index (κ2) is 18.7. The lowest BCUT2D eigenvalue weighted by Crippen LogP contribution is -2.70. The van der Waals surface area contributed by atoms with Crippen molar-refractivity contribution in [1.29, 1.82) is 0 Å². The number of amides is 1. The summed E-state index contributed by atoms with van der Waals surface area (Å²) >= 11 is 0. The number of rotatable bonds is 20. The number of carbonyl (C=O) groups excluding carboxylic acids is 1. The number of benzene rings is 3. The van der Waals surface area contributed by atoms with Crippen molar-refractivity contribution in [2.24, 2.45) is 28.8 Å². The molecule has 14 nitrogen and oxygen atoms in total. The Hall–Kier alpha value is -5.44. The average Bonchev–Trinajstić information content (AvgIpc) is 4.02. The van der Waals surface area contributed by atoms with Gasteiger partial charge in [-0.3, -0.25) is 14.9 Å². The summed E-state index contributed by atoms with van der Waals surface area (Å²) in [7, 11) is 0. The molecule has 8 rings (SSSR count). The van der Waals surface area contributed by atoms with E-state index in [0.717, 1.165) is 60.9 Å². The van der Waals surface area contributed by atoms with Gasteiger partial charge in [0.2, 0.25) is 18.5 Å². The lowest BCUT2D eigenvalue weighted by atomic mass is 9.55. The fraction of sp³-hybridized carbons (Fsp3) is 0.489. The molecule has 5 aliphatic rings. The van der Waals surface area contributed by atoms with Crippen molar-refractivity contribution in [3.63, 3.8) is 0 Å². The van der Waals surface area contributed by atoms with E-state index < -0.39 is 22.7 Å². The summed E-state index contributed by atoms with van der Waals surface area (Å²) in [5.41, 5.74) is 3.32. The van der Waals surface area contributed by atoms with Gasteiger partial charge in [0.15, 0.2) is 11.5 Å². The lowest BCUT2D eigenvalue weighted by Gasteiger charge is -2.60. The highest BCUT2D eigenvalue weighted by atomic mass is 16.7.